The highest BCUT2D eigenvalue weighted by atomic mass is 32.2. The van der Waals surface area contributed by atoms with E-state index >= 15 is 0 Å². The fraction of sp³-hybridized carbons (Fsp3) is 0.556. The summed E-state index contributed by atoms with van der Waals surface area (Å²) in [6, 6.07) is 4.72. The number of rotatable bonds is 4. The van der Waals surface area contributed by atoms with E-state index in [2.05, 4.69) is 0 Å². The van der Waals surface area contributed by atoms with E-state index in [-0.39, 0.29) is 29.8 Å². The van der Waals surface area contributed by atoms with Crippen LogP contribution in [0.3, 0.4) is 0 Å². The maximum absolute atomic E-state index is 13.0. The highest BCUT2D eigenvalue weighted by Crippen LogP contribution is 2.27. The number of aliphatic carboxylic acids is 1. The third-order valence-corrected chi connectivity index (χ3v) is 7.32. The number of hydrogen-bond acceptors (Lipinski definition) is 4. The van der Waals surface area contributed by atoms with Gasteiger partial charge in [0.25, 0.3) is 0 Å². The first kappa shape index (κ1) is 19.8. The molecule has 7 nitrogen and oxygen atoms in total. The molecule has 0 saturated carbocycles. The molecule has 0 aliphatic carbocycles. The Balaban J connectivity index is 1.56. The van der Waals surface area contributed by atoms with E-state index in [9.17, 15) is 22.4 Å². The SMILES string of the molecule is O=C(O)C1CCN(C(=O)C2CCN(S(=O)(=O)c3ccc(F)cc3)CC2)CC1. The van der Waals surface area contributed by atoms with Crippen molar-refractivity contribution in [3.05, 3.63) is 30.1 Å². The predicted molar refractivity (Wildman–Crippen MR) is 94.8 cm³/mol. The smallest absolute Gasteiger partial charge is 0.306 e. The summed E-state index contributed by atoms with van der Waals surface area (Å²) in [6.07, 6.45) is 1.77. The van der Waals surface area contributed by atoms with Gasteiger partial charge in [0.2, 0.25) is 15.9 Å². The highest BCUT2D eigenvalue weighted by molar-refractivity contribution is 7.89. The van der Waals surface area contributed by atoms with Crippen molar-refractivity contribution in [3.8, 4) is 0 Å². The number of carboxylic acids is 1. The summed E-state index contributed by atoms with van der Waals surface area (Å²) in [6.45, 7) is 1.34. The quantitative estimate of drug-likeness (QED) is 0.830. The van der Waals surface area contributed by atoms with Crippen LogP contribution in [0.5, 0.6) is 0 Å². The maximum atomic E-state index is 13.0. The molecule has 148 valence electrons. The van der Waals surface area contributed by atoms with Gasteiger partial charge in [0.15, 0.2) is 0 Å². The van der Waals surface area contributed by atoms with Gasteiger partial charge in [-0.3, -0.25) is 9.59 Å². The molecule has 0 bridgehead atoms. The first-order chi connectivity index (χ1) is 12.8. The Bertz CT molecular complexity index is 796. The van der Waals surface area contributed by atoms with Crippen molar-refractivity contribution in [1.82, 2.24) is 9.21 Å². The van der Waals surface area contributed by atoms with E-state index < -0.39 is 27.7 Å². The molecule has 0 spiro atoms. The topological polar surface area (TPSA) is 95.0 Å². The normalized spacial score (nSPS) is 20.6. The lowest BCUT2D eigenvalue weighted by Gasteiger charge is -2.36. The number of likely N-dealkylation sites (tertiary alicyclic amines) is 1. The largest absolute Gasteiger partial charge is 0.481 e. The van der Waals surface area contributed by atoms with Crippen LogP contribution in [0.4, 0.5) is 4.39 Å². The minimum absolute atomic E-state index is 0.0160. The van der Waals surface area contributed by atoms with Crippen LogP contribution in [0.1, 0.15) is 25.7 Å². The molecule has 1 N–H and O–H groups in total. The van der Waals surface area contributed by atoms with Crippen LogP contribution in [0.25, 0.3) is 0 Å². The second-order valence-corrected chi connectivity index (χ2v) is 9.01. The average Bonchev–Trinajstić information content (AvgIpc) is 2.68. The molecule has 27 heavy (non-hydrogen) atoms. The molecular formula is C18H23FN2O5S. The third-order valence-electron chi connectivity index (χ3n) is 5.41. The number of halogens is 1. The summed E-state index contributed by atoms with van der Waals surface area (Å²) in [4.78, 5) is 25.4. The Labute approximate surface area is 157 Å². The van der Waals surface area contributed by atoms with Crippen LogP contribution in [-0.4, -0.2) is 60.8 Å². The number of piperidine rings is 2. The number of nitrogens with zero attached hydrogens (tertiary/aromatic N) is 2. The lowest BCUT2D eigenvalue weighted by molar-refractivity contribution is -0.147. The number of hydrogen-bond donors (Lipinski definition) is 1. The summed E-state index contributed by atoms with van der Waals surface area (Å²) in [7, 11) is -3.69. The first-order valence-electron chi connectivity index (χ1n) is 9.06. The molecule has 1 amide bonds. The number of carbonyl (C=O) groups excluding carboxylic acids is 1. The zero-order chi connectivity index (χ0) is 19.6. The van der Waals surface area contributed by atoms with E-state index in [4.69, 9.17) is 5.11 Å². The lowest BCUT2D eigenvalue weighted by atomic mass is 9.93. The number of sulfonamides is 1. The molecule has 0 atom stereocenters. The maximum Gasteiger partial charge on any atom is 0.306 e. The van der Waals surface area contributed by atoms with Crippen LogP contribution >= 0.6 is 0 Å². The van der Waals surface area contributed by atoms with Crippen LogP contribution in [0.2, 0.25) is 0 Å². The lowest BCUT2D eigenvalue weighted by Crippen LogP contribution is -2.47. The van der Waals surface area contributed by atoms with E-state index in [0.29, 0.717) is 38.8 Å². The van der Waals surface area contributed by atoms with Crippen molar-refractivity contribution in [2.24, 2.45) is 11.8 Å². The molecule has 2 aliphatic heterocycles. The number of carbonyl (C=O) groups is 2. The number of amides is 1. The van der Waals surface area contributed by atoms with Gasteiger partial charge in [-0.1, -0.05) is 0 Å². The van der Waals surface area contributed by atoms with E-state index in [1.807, 2.05) is 0 Å². The minimum atomic E-state index is -3.69. The van der Waals surface area contributed by atoms with Crippen molar-refractivity contribution < 1.29 is 27.5 Å². The monoisotopic (exact) mass is 398 g/mol. The van der Waals surface area contributed by atoms with Crippen LogP contribution in [0, 0.1) is 17.7 Å². The average molecular weight is 398 g/mol. The zero-order valence-corrected chi connectivity index (χ0v) is 15.7. The van der Waals surface area contributed by atoms with Gasteiger partial charge in [-0.15, -0.1) is 0 Å². The standard InChI is InChI=1S/C18H23FN2O5S/c19-15-1-3-16(4-2-15)27(25,26)21-11-7-13(8-12-21)17(22)20-9-5-14(6-10-20)18(23)24/h1-4,13-14H,5-12H2,(H,23,24). The molecule has 9 heteroatoms. The van der Waals surface area contributed by atoms with E-state index in [1.165, 1.54) is 16.4 Å². The van der Waals surface area contributed by atoms with Crippen molar-refractivity contribution >= 4 is 21.9 Å². The zero-order valence-electron chi connectivity index (χ0n) is 14.9. The molecule has 0 radical (unpaired) electrons. The van der Waals surface area contributed by atoms with Gasteiger partial charge in [-0.05, 0) is 49.9 Å². The van der Waals surface area contributed by atoms with Crippen molar-refractivity contribution in [1.29, 1.82) is 0 Å². The van der Waals surface area contributed by atoms with Crippen LogP contribution < -0.4 is 0 Å². The van der Waals surface area contributed by atoms with Crippen molar-refractivity contribution in [2.75, 3.05) is 26.2 Å². The predicted octanol–water partition coefficient (Wildman–Crippen LogP) is 1.55. The Morgan fingerprint density at radius 2 is 1.44 bits per heavy atom. The molecule has 1 aromatic rings. The molecule has 0 unspecified atom stereocenters. The molecule has 2 fully saturated rings. The van der Waals surface area contributed by atoms with E-state index in [1.54, 1.807) is 4.90 Å². The summed E-state index contributed by atoms with van der Waals surface area (Å²) >= 11 is 0. The minimum Gasteiger partial charge on any atom is -0.481 e. The second-order valence-electron chi connectivity index (χ2n) is 7.07. The molecule has 2 saturated heterocycles. The Kier molecular flexibility index (Phi) is 5.81. The Hall–Kier alpha value is -2.00. The molecule has 1 aromatic carbocycles. The highest BCUT2D eigenvalue weighted by Gasteiger charge is 2.35. The fourth-order valence-electron chi connectivity index (χ4n) is 3.70. The molecule has 2 heterocycles. The molecular weight excluding hydrogens is 375 g/mol. The number of benzene rings is 1. The van der Waals surface area contributed by atoms with Gasteiger partial charge in [-0.2, -0.15) is 4.31 Å². The van der Waals surface area contributed by atoms with Gasteiger partial charge in [0, 0.05) is 32.1 Å². The van der Waals surface area contributed by atoms with Gasteiger partial charge in [0.1, 0.15) is 5.82 Å². The van der Waals surface area contributed by atoms with Gasteiger partial charge in [0.05, 0.1) is 10.8 Å². The molecule has 2 aliphatic rings. The van der Waals surface area contributed by atoms with Crippen molar-refractivity contribution in [2.45, 2.75) is 30.6 Å². The van der Waals surface area contributed by atoms with Gasteiger partial charge >= 0.3 is 5.97 Å². The summed E-state index contributed by atoms with van der Waals surface area (Å²) in [5.74, 6) is -1.97. The van der Waals surface area contributed by atoms with Gasteiger partial charge in [-0.25, -0.2) is 12.8 Å². The van der Waals surface area contributed by atoms with Crippen molar-refractivity contribution in [3.63, 3.8) is 0 Å². The summed E-state index contributed by atoms with van der Waals surface area (Å²) < 4.78 is 39.6. The Morgan fingerprint density at radius 3 is 1.96 bits per heavy atom. The third kappa shape index (κ3) is 4.30. The summed E-state index contributed by atoms with van der Waals surface area (Å²) in [5, 5.41) is 9.04. The van der Waals surface area contributed by atoms with Crippen LogP contribution in [0.15, 0.2) is 29.2 Å². The molecule has 3 rings (SSSR count). The van der Waals surface area contributed by atoms with Crippen LogP contribution in [-0.2, 0) is 19.6 Å². The fourth-order valence-corrected chi connectivity index (χ4v) is 5.17. The number of carboxylic acid groups (broad SMARTS) is 1. The summed E-state index contributed by atoms with van der Waals surface area (Å²) in [5.41, 5.74) is 0. The Morgan fingerprint density at radius 1 is 0.926 bits per heavy atom. The van der Waals surface area contributed by atoms with E-state index in [0.717, 1.165) is 12.1 Å². The van der Waals surface area contributed by atoms with Gasteiger partial charge < -0.3 is 10.0 Å². The second kappa shape index (κ2) is 7.93. The first-order valence-corrected chi connectivity index (χ1v) is 10.5. The molecule has 0 aromatic heterocycles.